The van der Waals surface area contributed by atoms with Gasteiger partial charge in [0.2, 0.25) is 0 Å². The van der Waals surface area contributed by atoms with Crippen molar-refractivity contribution in [3.8, 4) is 6.07 Å². The Labute approximate surface area is 124 Å². The standard InChI is InChI=1S/C13H10ClN3O2S/c14-13-4-2-11(20-13)5-6-16-10-1-3-12(17(18)19)9(7-10)8-15/h1-4,7,16H,5-6H2. The van der Waals surface area contributed by atoms with Crippen molar-refractivity contribution in [2.45, 2.75) is 6.42 Å². The first-order valence-corrected chi connectivity index (χ1v) is 6.96. The van der Waals surface area contributed by atoms with Gasteiger partial charge in [-0.1, -0.05) is 11.6 Å². The van der Waals surface area contributed by atoms with E-state index in [0.717, 1.165) is 15.6 Å². The van der Waals surface area contributed by atoms with E-state index in [1.807, 2.05) is 18.2 Å². The van der Waals surface area contributed by atoms with Crippen molar-refractivity contribution >= 4 is 34.3 Å². The van der Waals surface area contributed by atoms with Gasteiger partial charge in [-0.25, -0.2) is 0 Å². The maximum absolute atomic E-state index is 10.7. The number of thiophene rings is 1. The highest BCUT2D eigenvalue weighted by Crippen LogP contribution is 2.23. The van der Waals surface area contributed by atoms with E-state index in [-0.39, 0.29) is 11.3 Å². The summed E-state index contributed by atoms with van der Waals surface area (Å²) in [6.07, 6.45) is 0.802. The van der Waals surface area contributed by atoms with Gasteiger partial charge in [-0.05, 0) is 30.7 Å². The van der Waals surface area contributed by atoms with Crippen LogP contribution in [0.25, 0.3) is 0 Å². The number of rotatable bonds is 5. The molecule has 0 fully saturated rings. The lowest BCUT2D eigenvalue weighted by atomic mass is 10.1. The minimum absolute atomic E-state index is 0.0548. The minimum Gasteiger partial charge on any atom is -0.385 e. The van der Waals surface area contributed by atoms with Crippen molar-refractivity contribution in [1.29, 1.82) is 5.26 Å². The first kappa shape index (κ1) is 14.3. The summed E-state index contributed by atoms with van der Waals surface area (Å²) in [6, 6.07) is 10.1. The summed E-state index contributed by atoms with van der Waals surface area (Å²) in [5, 5.41) is 22.8. The van der Waals surface area contributed by atoms with E-state index in [4.69, 9.17) is 16.9 Å². The second-order valence-corrected chi connectivity index (χ2v) is 5.78. The van der Waals surface area contributed by atoms with Gasteiger partial charge in [0.25, 0.3) is 5.69 Å². The van der Waals surface area contributed by atoms with Crippen molar-refractivity contribution in [2.24, 2.45) is 0 Å². The lowest BCUT2D eigenvalue weighted by molar-refractivity contribution is -0.385. The van der Waals surface area contributed by atoms with Gasteiger partial charge in [-0.2, -0.15) is 5.26 Å². The molecule has 102 valence electrons. The van der Waals surface area contributed by atoms with Crippen LogP contribution in [0.4, 0.5) is 11.4 Å². The van der Waals surface area contributed by atoms with Crippen LogP contribution in [0.15, 0.2) is 30.3 Å². The number of nitriles is 1. The molecule has 1 aromatic heterocycles. The Bertz CT molecular complexity index is 678. The molecule has 2 aromatic rings. The molecular formula is C13H10ClN3O2S. The molecule has 5 nitrogen and oxygen atoms in total. The zero-order valence-electron chi connectivity index (χ0n) is 10.3. The summed E-state index contributed by atoms with van der Waals surface area (Å²) in [4.78, 5) is 11.3. The zero-order chi connectivity index (χ0) is 14.5. The van der Waals surface area contributed by atoms with E-state index in [0.29, 0.717) is 12.2 Å². The van der Waals surface area contributed by atoms with Gasteiger partial charge < -0.3 is 5.32 Å². The third kappa shape index (κ3) is 3.47. The Kier molecular flexibility index (Phi) is 4.56. The van der Waals surface area contributed by atoms with Crippen LogP contribution in [0, 0.1) is 21.4 Å². The highest BCUT2D eigenvalue weighted by molar-refractivity contribution is 7.16. The molecule has 1 heterocycles. The van der Waals surface area contributed by atoms with Gasteiger partial charge in [0.1, 0.15) is 11.6 Å². The molecule has 0 saturated carbocycles. The highest BCUT2D eigenvalue weighted by atomic mass is 35.5. The lowest BCUT2D eigenvalue weighted by Gasteiger charge is -2.05. The highest BCUT2D eigenvalue weighted by Gasteiger charge is 2.13. The van der Waals surface area contributed by atoms with Crippen molar-refractivity contribution in [2.75, 3.05) is 11.9 Å². The number of nitro benzene ring substituents is 1. The van der Waals surface area contributed by atoms with E-state index in [9.17, 15) is 10.1 Å². The van der Waals surface area contributed by atoms with Crippen molar-refractivity contribution in [1.82, 2.24) is 0 Å². The van der Waals surface area contributed by atoms with Crippen molar-refractivity contribution in [3.63, 3.8) is 0 Å². The van der Waals surface area contributed by atoms with E-state index in [1.54, 1.807) is 6.07 Å². The molecule has 1 N–H and O–H groups in total. The summed E-state index contributed by atoms with van der Waals surface area (Å²) < 4.78 is 0.752. The average Bonchev–Trinajstić information content (AvgIpc) is 2.84. The molecule has 2 rings (SSSR count). The quantitative estimate of drug-likeness (QED) is 0.672. The lowest BCUT2D eigenvalue weighted by Crippen LogP contribution is -2.04. The largest absolute Gasteiger partial charge is 0.385 e. The number of halogens is 1. The molecule has 0 aliphatic heterocycles. The van der Waals surface area contributed by atoms with Crippen LogP contribution in [0.5, 0.6) is 0 Å². The first-order valence-electron chi connectivity index (χ1n) is 5.77. The Morgan fingerprint density at radius 2 is 2.20 bits per heavy atom. The van der Waals surface area contributed by atoms with Gasteiger partial charge >= 0.3 is 0 Å². The molecule has 0 atom stereocenters. The Morgan fingerprint density at radius 3 is 2.80 bits per heavy atom. The van der Waals surface area contributed by atoms with Crippen molar-refractivity contribution in [3.05, 3.63) is 55.2 Å². The van der Waals surface area contributed by atoms with E-state index in [2.05, 4.69) is 5.32 Å². The molecule has 20 heavy (non-hydrogen) atoms. The van der Waals surface area contributed by atoms with Crippen LogP contribution < -0.4 is 5.32 Å². The monoisotopic (exact) mass is 307 g/mol. The van der Waals surface area contributed by atoms with Crippen LogP contribution in [-0.2, 0) is 6.42 Å². The molecule has 1 aromatic carbocycles. The molecule has 0 saturated heterocycles. The van der Waals surface area contributed by atoms with Crippen LogP contribution in [0.2, 0.25) is 4.34 Å². The van der Waals surface area contributed by atoms with E-state index in [1.165, 1.54) is 23.5 Å². The van der Waals surface area contributed by atoms with Crippen LogP contribution in [0.3, 0.4) is 0 Å². The molecule has 0 unspecified atom stereocenters. The van der Waals surface area contributed by atoms with Crippen LogP contribution >= 0.6 is 22.9 Å². The Balaban J connectivity index is 2.00. The number of hydrogen-bond acceptors (Lipinski definition) is 5. The predicted octanol–water partition coefficient (Wildman–Crippen LogP) is 3.84. The second-order valence-electron chi connectivity index (χ2n) is 3.98. The summed E-state index contributed by atoms with van der Waals surface area (Å²) in [6.45, 7) is 0.666. The molecule has 0 bridgehead atoms. The number of anilines is 1. The summed E-state index contributed by atoms with van der Waals surface area (Å²) >= 11 is 7.36. The number of nitro groups is 1. The third-order valence-corrected chi connectivity index (χ3v) is 3.93. The van der Waals surface area contributed by atoms with Gasteiger partial charge in [0.05, 0.1) is 9.26 Å². The molecule has 0 amide bonds. The fourth-order valence-corrected chi connectivity index (χ4v) is 2.80. The summed E-state index contributed by atoms with van der Waals surface area (Å²) in [5.41, 5.74) is 0.567. The molecule has 0 aliphatic carbocycles. The Morgan fingerprint density at radius 1 is 1.40 bits per heavy atom. The number of nitrogens with zero attached hydrogens (tertiary/aromatic N) is 2. The number of hydrogen-bond donors (Lipinski definition) is 1. The SMILES string of the molecule is N#Cc1cc(NCCc2ccc(Cl)s2)ccc1[N+](=O)[O-]. The first-order chi connectivity index (χ1) is 9.60. The fraction of sp³-hybridized carbons (Fsp3) is 0.154. The predicted molar refractivity (Wildman–Crippen MR) is 79.3 cm³/mol. The van der Waals surface area contributed by atoms with Crippen LogP contribution in [-0.4, -0.2) is 11.5 Å². The fourth-order valence-electron chi connectivity index (χ4n) is 1.71. The van der Waals surface area contributed by atoms with Crippen molar-refractivity contribution < 1.29 is 4.92 Å². The number of benzene rings is 1. The zero-order valence-corrected chi connectivity index (χ0v) is 11.9. The van der Waals surface area contributed by atoms with E-state index < -0.39 is 4.92 Å². The maximum Gasteiger partial charge on any atom is 0.287 e. The summed E-state index contributed by atoms with van der Waals surface area (Å²) in [7, 11) is 0. The van der Waals surface area contributed by atoms with Crippen LogP contribution in [0.1, 0.15) is 10.4 Å². The smallest absolute Gasteiger partial charge is 0.287 e. The minimum atomic E-state index is -0.560. The molecule has 0 aliphatic rings. The molecule has 0 spiro atoms. The van der Waals surface area contributed by atoms with Gasteiger partial charge in [0, 0.05) is 23.2 Å². The maximum atomic E-state index is 10.7. The third-order valence-electron chi connectivity index (χ3n) is 2.64. The number of nitrogens with one attached hydrogen (secondary N) is 1. The second kappa shape index (κ2) is 6.37. The molecular weight excluding hydrogens is 298 g/mol. The Hall–Kier alpha value is -2.10. The van der Waals surface area contributed by atoms with Gasteiger partial charge in [-0.15, -0.1) is 11.3 Å². The topological polar surface area (TPSA) is 79.0 Å². The van der Waals surface area contributed by atoms with Gasteiger partial charge in [0.15, 0.2) is 0 Å². The summed E-state index contributed by atoms with van der Waals surface area (Å²) in [5.74, 6) is 0. The average molecular weight is 308 g/mol. The molecule has 0 radical (unpaired) electrons. The normalized spacial score (nSPS) is 10.0. The molecule has 7 heteroatoms. The van der Waals surface area contributed by atoms with Gasteiger partial charge in [-0.3, -0.25) is 10.1 Å². The van der Waals surface area contributed by atoms with E-state index >= 15 is 0 Å².